The molecule has 4 nitrogen and oxygen atoms in total. The summed E-state index contributed by atoms with van der Waals surface area (Å²) >= 11 is 1.55. The Labute approximate surface area is 189 Å². The summed E-state index contributed by atoms with van der Waals surface area (Å²) in [5, 5.41) is 3.00. The van der Waals surface area contributed by atoms with Gasteiger partial charge in [-0.3, -0.25) is 9.59 Å². The zero-order valence-corrected chi connectivity index (χ0v) is 19.7. The fourth-order valence-corrected chi connectivity index (χ4v) is 4.24. The van der Waals surface area contributed by atoms with Crippen LogP contribution in [0.15, 0.2) is 48.5 Å². The average Bonchev–Trinajstić information content (AvgIpc) is 2.76. The summed E-state index contributed by atoms with van der Waals surface area (Å²) in [5.74, 6) is 0.462. The summed E-state index contributed by atoms with van der Waals surface area (Å²) in [6.07, 6.45) is 1.33. The van der Waals surface area contributed by atoms with Gasteiger partial charge in [-0.2, -0.15) is 0 Å². The molecule has 0 spiro atoms. The van der Waals surface area contributed by atoms with E-state index in [0.29, 0.717) is 6.42 Å². The van der Waals surface area contributed by atoms with Crippen molar-refractivity contribution in [3.63, 3.8) is 0 Å². The van der Waals surface area contributed by atoms with E-state index >= 15 is 0 Å². The fourth-order valence-electron chi connectivity index (χ4n) is 3.25. The number of halogens is 1. The van der Waals surface area contributed by atoms with Crippen LogP contribution in [0.1, 0.15) is 50.3 Å². The van der Waals surface area contributed by atoms with E-state index in [1.165, 1.54) is 23.3 Å². The maximum atomic E-state index is 13.3. The lowest BCUT2D eigenvalue weighted by Crippen LogP contribution is -2.51. The molecule has 168 valence electrons. The van der Waals surface area contributed by atoms with Crippen LogP contribution in [-0.4, -0.2) is 34.6 Å². The van der Waals surface area contributed by atoms with Crippen LogP contribution in [0, 0.1) is 12.7 Å². The summed E-state index contributed by atoms with van der Waals surface area (Å²) in [6.45, 7) is 8.21. The smallest absolute Gasteiger partial charge is 0.243 e. The Morgan fingerprint density at radius 3 is 2.35 bits per heavy atom. The lowest BCUT2D eigenvalue weighted by molar-refractivity contribution is -0.139. The Morgan fingerprint density at radius 1 is 1.06 bits per heavy atom. The van der Waals surface area contributed by atoms with E-state index in [0.717, 1.165) is 17.7 Å². The molecule has 2 rings (SSSR count). The van der Waals surface area contributed by atoms with Gasteiger partial charge in [0.15, 0.2) is 0 Å². The Bertz CT molecular complexity index is 857. The molecule has 0 aliphatic heterocycles. The van der Waals surface area contributed by atoms with Gasteiger partial charge in [-0.25, -0.2) is 4.39 Å². The predicted molar refractivity (Wildman–Crippen MR) is 126 cm³/mol. The number of carbonyl (C=O) groups excluding carboxylic acids is 2. The van der Waals surface area contributed by atoms with Crippen LogP contribution in [0.3, 0.4) is 0 Å². The maximum Gasteiger partial charge on any atom is 0.243 e. The molecule has 0 aliphatic rings. The summed E-state index contributed by atoms with van der Waals surface area (Å²) < 4.78 is 13.3. The van der Waals surface area contributed by atoms with Crippen molar-refractivity contribution in [1.29, 1.82) is 0 Å². The third-order valence-corrected chi connectivity index (χ3v) is 6.36. The molecule has 0 aliphatic carbocycles. The molecule has 2 aromatic carbocycles. The van der Waals surface area contributed by atoms with E-state index in [-0.39, 0.29) is 36.0 Å². The highest BCUT2D eigenvalue weighted by atomic mass is 32.2. The quantitative estimate of drug-likeness (QED) is 0.525. The zero-order valence-electron chi connectivity index (χ0n) is 18.9. The molecule has 2 amide bonds. The standard InChI is InChI=1S/C25H33FN2O2S/c1-5-19(4)27-25(30)23(6-2)28(15-20-11-13-22(26)14-12-20)24(29)17-31-16-21-10-8-7-9-18(21)3/h7-14,19,23H,5-6,15-17H2,1-4H3,(H,27,30)/t19-,23+/m1/s1. The second-order valence-electron chi connectivity index (χ2n) is 7.81. The largest absolute Gasteiger partial charge is 0.352 e. The first kappa shape index (κ1) is 24.9. The Morgan fingerprint density at radius 2 is 1.74 bits per heavy atom. The molecule has 2 atom stereocenters. The van der Waals surface area contributed by atoms with E-state index in [1.807, 2.05) is 32.9 Å². The van der Waals surface area contributed by atoms with Crippen molar-refractivity contribution in [2.75, 3.05) is 5.75 Å². The van der Waals surface area contributed by atoms with Crippen molar-refractivity contribution in [1.82, 2.24) is 10.2 Å². The second-order valence-corrected chi connectivity index (χ2v) is 8.79. The van der Waals surface area contributed by atoms with Crippen molar-refractivity contribution < 1.29 is 14.0 Å². The molecule has 0 bridgehead atoms. The van der Waals surface area contributed by atoms with E-state index in [1.54, 1.807) is 28.8 Å². The Balaban J connectivity index is 2.14. The second kappa shape index (κ2) is 12.5. The number of rotatable bonds is 11. The van der Waals surface area contributed by atoms with Gasteiger partial charge in [0.05, 0.1) is 5.75 Å². The number of hydrogen-bond donors (Lipinski definition) is 1. The van der Waals surface area contributed by atoms with Gasteiger partial charge in [0.1, 0.15) is 11.9 Å². The van der Waals surface area contributed by atoms with E-state index < -0.39 is 6.04 Å². The van der Waals surface area contributed by atoms with Crippen molar-refractivity contribution in [2.24, 2.45) is 0 Å². The fraction of sp³-hybridized carbons (Fsp3) is 0.440. The van der Waals surface area contributed by atoms with Crippen molar-refractivity contribution in [3.05, 3.63) is 71.0 Å². The van der Waals surface area contributed by atoms with Crippen LogP contribution < -0.4 is 5.32 Å². The highest BCUT2D eigenvalue weighted by Gasteiger charge is 2.29. The van der Waals surface area contributed by atoms with Gasteiger partial charge in [0, 0.05) is 18.3 Å². The molecule has 0 saturated carbocycles. The van der Waals surface area contributed by atoms with Crippen molar-refractivity contribution in [3.8, 4) is 0 Å². The summed E-state index contributed by atoms with van der Waals surface area (Å²) in [5.41, 5.74) is 3.20. The molecule has 0 fully saturated rings. The number of amides is 2. The zero-order chi connectivity index (χ0) is 22.8. The van der Waals surface area contributed by atoms with Crippen molar-refractivity contribution >= 4 is 23.6 Å². The Kier molecular flexibility index (Phi) is 10.0. The monoisotopic (exact) mass is 444 g/mol. The minimum atomic E-state index is -0.564. The minimum absolute atomic E-state index is 0.0414. The molecule has 6 heteroatoms. The van der Waals surface area contributed by atoms with Gasteiger partial charge < -0.3 is 10.2 Å². The van der Waals surface area contributed by atoms with Gasteiger partial charge in [-0.15, -0.1) is 11.8 Å². The summed E-state index contributed by atoms with van der Waals surface area (Å²) in [4.78, 5) is 27.7. The first-order valence-electron chi connectivity index (χ1n) is 10.8. The third-order valence-electron chi connectivity index (χ3n) is 5.40. The van der Waals surface area contributed by atoms with Gasteiger partial charge in [0.25, 0.3) is 0 Å². The maximum absolute atomic E-state index is 13.3. The summed E-state index contributed by atoms with van der Waals surface area (Å²) in [7, 11) is 0. The van der Waals surface area contributed by atoms with Crippen LogP contribution in [-0.2, 0) is 21.9 Å². The molecule has 1 N–H and O–H groups in total. The molecule has 31 heavy (non-hydrogen) atoms. The highest BCUT2D eigenvalue weighted by Crippen LogP contribution is 2.19. The van der Waals surface area contributed by atoms with Crippen LogP contribution in [0.4, 0.5) is 4.39 Å². The average molecular weight is 445 g/mol. The van der Waals surface area contributed by atoms with Crippen molar-refractivity contribution in [2.45, 2.75) is 64.9 Å². The molecule has 0 saturated heterocycles. The lowest BCUT2D eigenvalue weighted by Gasteiger charge is -2.31. The molecule has 0 heterocycles. The highest BCUT2D eigenvalue weighted by molar-refractivity contribution is 7.99. The molecule has 0 radical (unpaired) electrons. The molecular weight excluding hydrogens is 411 g/mol. The number of aryl methyl sites for hydroxylation is 1. The molecular formula is C25H33FN2O2S. The van der Waals surface area contributed by atoms with E-state index in [9.17, 15) is 14.0 Å². The molecule has 2 aromatic rings. The molecule has 0 aromatic heterocycles. The normalized spacial score (nSPS) is 12.8. The van der Waals surface area contributed by atoms with Crippen LogP contribution >= 0.6 is 11.8 Å². The lowest BCUT2D eigenvalue weighted by atomic mass is 10.1. The van der Waals surface area contributed by atoms with Gasteiger partial charge in [0.2, 0.25) is 11.8 Å². The van der Waals surface area contributed by atoms with Gasteiger partial charge in [-0.05, 0) is 55.5 Å². The topological polar surface area (TPSA) is 49.4 Å². The first-order chi connectivity index (χ1) is 14.8. The van der Waals surface area contributed by atoms with Crippen LogP contribution in [0.25, 0.3) is 0 Å². The Hall–Kier alpha value is -2.34. The third kappa shape index (κ3) is 7.69. The SMILES string of the molecule is CC[C@@H](C)NC(=O)[C@H](CC)N(Cc1ccc(F)cc1)C(=O)CSCc1ccccc1C. The van der Waals surface area contributed by atoms with Crippen LogP contribution in [0.2, 0.25) is 0 Å². The number of hydrogen-bond acceptors (Lipinski definition) is 3. The first-order valence-corrected chi connectivity index (χ1v) is 12.0. The van der Waals surface area contributed by atoms with Gasteiger partial charge in [-0.1, -0.05) is 50.2 Å². The molecule has 0 unspecified atom stereocenters. The van der Waals surface area contributed by atoms with Crippen LogP contribution in [0.5, 0.6) is 0 Å². The number of nitrogens with one attached hydrogen (secondary N) is 1. The number of carbonyl (C=O) groups is 2. The minimum Gasteiger partial charge on any atom is -0.352 e. The van der Waals surface area contributed by atoms with E-state index in [2.05, 4.69) is 24.4 Å². The summed E-state index contributed by atoms with van der Waals surface area (Å²) in [6, 6.07) is 13.7. The number of nitrogens with zero attached hydrogens (tertiary/aromatic N) is 1. The van der Waals surface area contributed by atoms with Gasteiger partial charge >= 0.3 is 0 Å². The van der Waals surface area contributed by atoms with E-state index in [4.69, 9.17) is 0 Å². The number of benzene rings is 2. The predicted octanol–water partition coefficient (Wildman–Crippen LogP) is 5.09. The number of thioether (sulfide) groups is 1.